The second kappa shape index (κ2) is 10.1. The molecule has 4 heteroatoms. The second-order valence-electron chi connectivity index (χ2n) is 7.74. The molecule has 0 aromatic heterocycles. The van der Waals surface area contributed by atoms with Gasteiger partial charge in [0.2, 0.25) is 0 Å². The highest BCUT2D eigenvalue weighted by atomic mass is 32.1. The van der Waals surface area contributed by atoms with Crippen molar-refractivity contribution in [3.63, 3.8) is 0 Å². The summed E-state index contributed by atoms with van der Waals surface area (Å²) < 4.78 is 0. The molecule has 1 atom stereocenters. The van der Waals surface area contributed by atoms with Crippen LogP contribution >= 0.6 is 12.2 Å². The average Bonchev–Trinajstić information content (AvgIpc) is 2.84. The molecule has 2 N–H and O–H groups in total. The van der Waals surface area contributed by atoms with E-state index in [1.807, 2.05) is 0 Å². The summed E-state index contributed by atoms with van der Waals surface area (Å²) in [5.74, 6) is 0. The van der Waals surface area contributed by atoms with Gasteiger partial charge in [0.05, 0.1) is 19.6 Å². The van der Waals surface area contributed by atoms with Crippen molar-refractivity contribution >= 4 is 17.3 Å². The van der Waals surface area contributed by atoms with Crippen molar-refractivity contribution in [1.82, 2.24) is 10.2 Å². The number of benzene rings is 1. The summed E-state index contributed by atoms with van der Waals surface area (Å²) in [7, 11) is 0. The normalized spacial score (nSPS) is 23.4. The van der Waals surface area contributed by atoms with Gasteiger partial charge in [0.1, 0.15) is 6.54 Å². The van der Waals surface area contributed by atoms with E-state index >= 15 is 0 Å². The number of nitrogens with zero attached hydrogens (tertiary/aromatic N) is 1. The molecule has 1 aliphatic heterocycles. The predicted molar refractivity (Wildman–Crippen MR) is 109 cm³/mol. The van der Waals surface area contributed by atoms with Crippen molar-refractivity contribution in [3.8, 4) is 0 Å². The van der Waals surface area contributed by atoms with Crippen LogP contribution in [0.3, 0.4) is 0 Å². The van der Waals surface area contributed by atoms with Crippen LogP contribution in [0.15, 0.2) is 30.3 Å². The zero-order valence-electron chi connectivity index (χ0n) is 15.5. The fraction of sp³-hybridized carbons (Fsp3) is 0.667. The molecule has 3 nitrogen and oxygen atoms in total. The molecule has 1 unspecified atom stereocenters. The first-order chi connectivity index (χ1) is 12.3. The largest absolute Gasteiger partial charge is 0.360 e. The Morgan fingerprint density at radius 3 is 2.44 bits per heavy atom. The zero-order chi connectivity index (χ0) is 17.3. The van der Waals surface area contributed by atoms with E-state index in [1.165, 1.54) is 70.0 Å². The zero-order valence-corrected chi connectivity index (χ0v) is 16.3. The monoisotopic (exact) mass is 360 g/mol. The minimum Gasteiger partial charge on any atom is -0.360 e. The van der Waals surface area contributed by atoms with Crippen molar-refractivity contribution < 1.29 is 4.90 Å². The van der Waals surface area contributed by atoms with E-state index in [1.54, 1.807) is 4.90 Å². The Labute approximate surface area is 158 Å². The van der Waals surface area contributed by atoms with Crippen LogP contribution in [0, 0.1) is 0 Å². The summed E-state index contributed by atoms with van der Waals surface area (Å²) in [6.45, 7) is 5.76. The van der Waals surface area contributed by atoms with E-state index in [0.717, 1.165) is 24.7 Å². The Hall–Kier alpha value is -1.13. The smallest absolute Gasteiger partial charge is 0.169 e. The third kappa shape index (κ3) is 6.27. The molecule has 1 aromatic carbocycles. The molecule has 0 radical (unpaired) electrons. The molecule has 2 aliphatic rings. The lowest BCUT2D eigenvalue weighted by atomic mass is 9.97. The lowest BCUT2D eigenvalue weighted by Gasteiger charge is -2.28. The van der Waals surface area contributed by atoms with Crippen LogP contribution in [-0.2, 0) is 6.54 Å². The molecular formula is C21H34N3S+. The molecule has 0 spiro atoms. The van der Waals surface area contributed by atoms with Gasteiger partial charge in [0.25, 0.3) is 0 Å². The van der Waals surface area contributed by atoms with Crippen molar-refractivity contribution in [1.29, 1.82) is 0 Å². The molecule has 1 aromatic rings. The van der Waals surface area contributed by atoms with Gasteiger partial charge >= 0.3 is 0 Å². The SMILES string of the molecule is S=C(NC1CCCCCCC1)N1CCC[NH+](Cc2ccccc2)CC1. The number of hydrogen-bond donors (Lipinski definition) is 2. The van der Waals surface area contributed by atoms with Gasteiger partial charge in [-0.2, -0.15) is 0 Å². The molecule has 1 aliphatic carbocycles. The van der Waals surface area contributed by atoms with Crippen LogP contribution in [0.4, 0.5) is 0 Å². The van der Waals surface area contributed by atoms with Gasteiger partial charge in [-0.1, -0.05) is 62.4 Å². The van der Waals surface area contributed by atoms with Gasteiger partial charge in [-0.3, -0.25) is 0 Å². The van der Waals surface area contributed by atoms with Crippen LogP contribution in [0.1, 0.15) is 56.9 Å². The lowest BCUT2D eigenvalue weighted by molar-refractivity contribution is -0.911. The van der Waals surface area contributed by atoms with Crippen LogP contribution < -0.4 is 10.2 Å². The Morgan fingerprint density at radius 1 is 0.960 bits per heavy atom. The first-order valence-electron chi connectivity index (χ1n) is 10.2. The predicted octanol–water partition coefficient (Wildman–Crippen LogP) is 2.76. The summed E-state index contributed by atoms with van der Waals surface area (Å²) in [6, 6.07) is 11.5. The first-order valence-corrected chi connectivity index (χ1v) is 10.6. The Bertz CT molecular complexity index is 511. The van der Waals surface area contributed by atoms with Gasteiger partial charge in [-0.25, -0.2) is 0 Å². The van der Waals surface area contributed by atoms with Crippen LogP contribution in [0.2, 0.25) is 0 Å². The highest BCUT2D eigenvalue weighted by molar-refractivity contribution is 7.80. The van der Waals surface area contributed by atoms with Gasteiger partial charge in [-0.05, 0) is 25.1 Å². The van der Waals surface area contributed by atoms with Crippen molar-refractivity contribution in [2.75, 3.05) is 26.2 Å². The second-order valence-corrected chi connectivity index (χ2v) is 8.13. The number of nitrogens with one attached hydrogen (secondary N) is 2. The lowest BCUT2D eigenvalue weighted by Crippen LogP contribution is -3.11. The fourth-order valence-electron chi connectivity index (χ4n) is 4.18. The maximum Gasteiger partial charge on any atom is 0.169 e. The molecule has 0 bridgehead atoms. The topological polar surface area (TPSA) is 19.7 Å². The van der Waals surface area contributed by atoms with Crippen molar-refractivity contribution in [2.45, 2.75) is 64.0 Å². The summed E-state index contributed by atoms with van der Waals surface area (Å²) >= 11 is 5.77. The van der Waals surface area contributed by atoms with E-state index in [-0.39, 0.29) is 0 Å². The standard InChI is InChI=1S/C21H33N3S/c25-21(22-20-12-7-2-1-3-8-13-20)24-15-9-14-23(16-17-24)18-19-10-5-4-6-11-19/h4-6,10-11,20H,1-3,7-9,12-18H2,(H,22,25)/p+1. The van der Waals surface area contributed by atoms with Gasteiger partial charge in [0, 0.05) is 24.6 Å². The summed E-state index contributed by atoms with van der Waals surface area (Å²) in [5.41, 5.74) is 1.45. The molecule has 1 saturated heterocycles. The van der Waals surface area contributed by atoms with Crippen LogP contribution in [-0.4, -0.2) is 42.2 Å². The summed E-state index contributed by atoms with van der Waals surface area (Å²) in [4.78, 5) is 4.11. The maximum atomic E-state index is 5.77. The highest BCUT2D eigenvalue weighted by Crippen LogP contribution is 2.17. The van der Waals surface area contributed by atoms with Crippen molar-refractivity contribution in [2.24, 2.45) is 0 Å². The van der Waals surface area contributed by atoms with E-state index in [9.17, 15) is 0 Å². The van der Waals surface area contributed by atoms with Gasteiger partial charge in [0.15, 0.2) is 5.11 Å². The quantitative estimate of drug-likeness (QED) is 0.809. The van der Waals surface area contributed by atoms with E-state index in [4.69, 9.17) is 12.2 Å². The molecule has 1 heterocycles. The van der Waals surface area contributed by atoms with Gasteiger partial charge < -0.3 is 15.1 Å². The molecule has 3 rings (SSSR count). The van der Waals surface area contributed by atoms with E-state index < -0.39 is 0 Å². The van der Waals surface area contributed by atoms with E-state index in [0.29, 0.717) is 6.04 Å². The number of quaternary nitrogens is 1. The number of hydrogen-bond acceptors (Lipinski definition) is 1. The Kier molecular flexibility index (Phi) is 7.55. The summed E-state index contributed by atoms with van der Waals surface area (Å²) in [6.07, 6.45) is 10.7. The molecule has 2 fully saturated rings. The summed E-state index contributed by atoms with van der Waals surface area (Å²) in [5, 5.41) is 4.70. The third-order valence-corrected chi connectivity index (χ3v) is 6.09. The van der Waals surface area contributed by atoms with Crippen molar-refractivity contribution in [3.05, 3.63) is 35.9 Å². The number of thiocarbonyl (C=S) groups is 1. The molecule has 138 valence electrons. The third-order valence-electron chi connectivity index (χ3n) is 5.71. The number of rotatable bonds is 3. The molecular weight excluding hydrogens is 326 g/mol. The van der Waals surface area contributed by atoms with Crippen LogP contribution in [0.5, 0.6) is 0 Å². The minimum atomic E-state index is 0.601. The Balaban J connectivity index is 1.45. The maximum absolute atomic E-state index is 5.77. The average molecular weight is 361 g/mol. The first kappa shape index (κ1) is 18.7. The Morgan fingerprint density at radius 2 is 1.68 bits per heavy atom. The molecule has 0 amide bonds. The fourth-order valence-corrected chi connectivity index (χ4v) is 4.53. The van der Waals surface area contributed by atoms with Gasteiger partial charge in [-0.15, -0.1) is 0 Å². The molecule has 1 saturated carbocycles. The highest BCUT2D eigenvalue weighted by Gasteiger charge is 2.21. The van der Waals surface area contributed by atoms with Crippen LogP contribution in [0.25, 0.3) is 0 Å². The van der Waals surface area contributed by atoms with E-state index in [2.05, 4.69) is 40.5 Å². The minimum absolute atomic E-state index is 0.601. The molecule has 25 heavy (non-hydrogen) atoms.